The molecule has 2 N–H and O–H groups in total. The molecule has 0 bridgehead atoms. The highest BCUT2D eigenvalue weighted by molar-refractivity contribution is 9.10. The fraction of sp³-hybridized carbons (Fsp3) is 0.588. The molecular weight excluding hydrogens is 328 g/mol. The number of carbonyl (C=O) groups excluding carboxylic acids is 1. The van der Waals surface area contributed by atoms with Crippen molar-refractivity contribution < 1.29 is 4.79 Å². The van der Waals surface area contributed by atoms with Crippen LogP contribution in [0.4, 0.5) is 5.69 Å². The van der Waals surface area contributed by atoms with Crippen LogP contribution in [0.3, 0.4) is 0 Å². The van der Waals surface area contributed by atoms with Crippen LogP contribution in [0.25, 0.3) is 0 Å². The van der Waals surface area contributed by atoms with Crippen LogP contribution < -0.4 is 10.6 Å². The standard InChI is InChI=1S/C17H25BrN2O/c1-4-6-17(7-5-8-19-11-17)16(21)20-15-13(3)9-12(2)10-14(15)18/h9-10,19H,4-8,11H2,1-3H3,(H,20,21). The summed E-state index contributed by atoms with van der Waals surface area (Å²) in [6.45, 7) is 8.06. The summed E-state index contributed by atoms with van der Waals surface area (Å²) in [5.41, 5.74) is 2.95. The molecule has 1 heterocycles. The maximum atomic E-state index is 12.9. The Morgan fingerprint density at radius 1 is 1.43 bits per heavy atom. The van der Waals surface area contributed by atoms with Gasteiger partial charge in [0.25, 0.3) is 0 Å². The normalized spacial score (nSPS) is 22.1. The van der Waals surface area contributed by atoms with E-state index in [1.54, 1.807) is 0 Å². The molecule has 116 valence electrons. The van der Waals surface area contributed by atoms with Gasteiger partial charge in [-0.2, -0.15) is 0 Å². The molecule has 1 amide bonds. The van der Waals surface area contributed by atoms with Gasteiger partial charge < -0.3 is 10.6 Å². The first kappa shape index (κ1) is 16.5. The van der Waals surface area contributed by atoms with Gasteiger partial charge in [-0.15, -0.1) is 0 Å². The first-order valence-electron chi connectivity index (χ1n) is 7.77. The zero-order valence-electron chi connectivity index (χ0n) is 13.2. The van der Waals surface area contributed by atoms with Crippen LogP contribution in [-0.2, 0) is 4.79 Å². The summed E-state index contributed by atoms with van der Waals surface area (Å²) < 4.78 is 0.962. The largest absolute Gasteiger partial charge is 0.324 e. The van der Waals surface area contributed by atoms with Gasteiger partial charge in [0.2, 0.25) is 5.91 Å². The second kappa shape index (κ2) is 6.93. The zero-order valence-corrected chi connectivity index (χ0v) is 14.8. The molecule has 1 aliphatic heterocycles. The molecular formula is C17H25BrN2O. The van der Waals surface area contributed by atoms with Crippen molar-refractivity contribution in [1.29, 1.82) is 0 Å². The number of amides is 1. The first-order chi connectivity index (χ1) is 9.98. The number of benzene rings is 1. The molecule has 2 rings (SSSR count). The van der Waals surface area contributed by atoms with E-state index < -0.39 is 0 Å². The fourth-order valence-electron chi connectivity index (χ4n) is 3.29. The molecule has 0 aromatic heterocycles. The lowest BCUT2D eigenvalue weighted by atomic mass is 9.76. The molecule has 0 radical (unpaired) electrons. The molecule has 1 saturated heterocycles. The van der Waals surface area contributed by atoms with Crippen molar-refractivity contribution in [2.24, 2.45) is 5.41 Å². The number of hydrogen-bond donors (Lipinski definition) is 2. The van der Waals surface area contributed by atoms with E-state index >= 15 is 0 Å². The minimum absolute atomic E-state index is 0.157. The van der Waals surface area contributed by atoms with E-state index in [0.717, 1.165) is 54.5 Å². The Morgan fingerprint density at radius 2 is 2.19 bits per heavy atom. The average Bonchev–Trinajstić information content (AvgIpc) is 2.44. The van der Waals surface area contributed by atoms with E-state index in [4.69, 9.17) is 0 Å². The van der Waals surface area contributed by atoms with Crippen LogP contribution >= 0.6 is 15.9 Å². The topological polar surface area (TPSA) is 41.1 Å². The summed E-state index contributed by atoms with van der Waals surface area (Å²) in [7, 11) is 0. The number of rotatable bonds is 4. The number of carbonyl (C=O) groups is 1. The summed E-state index contributed by atoms with van der Waals surface area (Å²) in [6.07, 6.45) is 4.02. The van der Waals surface area contributed by atoms with Gasteiger partial charge in [0, 0.05) is 11.0 Å². The molecule has 4 heteroatoms. The second-order valence-electron chi connectivity index (χ2n) is 6.20. The number of halogens is 1. The smallest absolute Gasteiger partial charge is 0.231 e. The summed E-state index contributed by atoms with van der Waals surface area (Å²) in [5, 5.41) is 6.57. The number of anilines is 1. The monoisotopic (exact) mass is 352 g/mol. The molecule has 1 aliphatic rings. The highest BCUT2D eigenvalue weighted by Gasteiger charge is 2.38. The van der Waals surface area contributed by atoms with E-state index in [1.807, 2.05) is 13.0 Å². The van der Waals surface area contributed by atoms with Gasteiger partial charge in [0.05, 0.1) is 11.1 Å². The molecule has 0 spiro atoms. The molecule has 0 aliphatic carbocycles. The quantitative estimate of drug-likeness (QED) is 0.853. The van der Waals surface area contributed by atoms with Crippen LogP contribution in [0, 0.1) is 19.3 Å². The van der Waals surface area contributed by atoms with Crippen molar-refractivity contribution in [2.75, 3.05) is 18.4 Å². The number of piperidine rings is 1. The van der Waals surface area contributed by atoms with Gasteiger partial charge in [-0.1, -0.05) is 19.4 Å². The van der Waals surface area contributed by atoms with Gasteiger partial charge >= 0.3 is 0 Å². The molecule has 1 atom stereocenters. The van der Waals surface area contributed by atoms with E-state index in [1.165, 1.54) is 5.56 Å². The highest BCUT2D eigenvalue weighted by atomic mass is 79.9. The summed E-state index contributed by atoms with van der Waals surface area (Å²) >= 11 is 3.58. The third-order valence-electron chi connectivity index (χ3n) is 4.35. The lowest BCUT2D eigenvalue weighted by Gasteiger charge is -2.36. The van der Waals surface area contributed by atoms with Crippen molar-refractivity contribution in [3.05, 3.63) is 27.7 Å². The first-order valence-corrected chi connectivity index (χ1v) is 8.57. The van der Waals surface area contributed by atoms with Crippen LogP contribution in [0.1, 0.15) is 43.7 Å². The molecule has 1 aromatic carbocycles. The Morgan fingerprint density at radius 3 is 2.76 bits per heavy atom. The molecule has 1 unspecified atom stereocenters. The van der Waals surface area contributed by atoms with Crippen molar-refractivity contribution in [3.8, 4) is 0 Å². The molecule has 3 nitrogen and oxygen atoms in total. The predicted octanol–water partition coefficient (Wildman–Crippen LogP) is 4.17. The zero-order chi connectivity index (χ0) is 15.5. The third kappa shape index (κ3) is 3.67. The average molecular weight is 353 g/mol. The molecule has 1 fully saturated rings. The van der Waals surface area contributed by atoms with Crippen LogP contribution in [0.15, 0.2) is 16.6 Å². The van der Waals surface area contributed by atoms with Crippen molar-refractivity contribution in [2.45, 2.75) is 46.5 Å². The summed E-state index contributed by atoms with van der Waals surface area (Å²) in [4.78, 5) is 12.9. The fourth-order valence-corrected chi connectivity index (χ4v) is 4.06. The molecule has 21 heavy (non-hydrogen) atoms. The lowest BCUT2D eigenvalue weighted by molar-refractivity contribution is -0.127. The number of aryl methyl sites for hydroxylation is 2. The Hall–Kier alpha value is -0.870. The van der Waals surface area contributed by atoms with Gasteiger partial charge in [0.15, 0.2) is 0 Å². The predicted molar refractivity (Wildman–Crippen MR) is 91.7 cm³/mol. The number of nitrogens with one attached hydrogen (secondary N) is 2. The van der Waals surface area contributed by atoms with Gasteiger partial charge in [-0.25, -0.2) is 0 Å². The second-order valence-corrected chi connectivity index (χ2v) is 7.06. The van der Waals surface area contributed by atoms with E-state index in [2.05, 4.69) is 46.5 Å². The van der Waals surface area contributed by atoms with Gasteiger partial charge in [-0.3, -0.25) is 4.79 Å². The Bertz CT molecular complexity index is 493. The Labute approximate surface area is 136 Å². The third-order valence-corrected chi connectivity index (χ3v) is 4.98. The maximum absolute atomic E-state index is 12.9. The van der Waals surface area contributed by atoms with Crippen LogP contribution in [0.5, 0.6) is 0 Å². The van der Waals surface area contributed by atoms with Crippen LogP contribution in [-0.4, -0.2) is 19.0 Å². The maximum Gasteiger partial charge on any atom is 0.231 e. The Balaban J connectivity index is 2.23. The van der Waals surface area contributed by atoms with Gasteiger partial charge in [-0.05, 0) is 72.8 Å². The molecule has 1 aromatic rings. The van der Waals surface area contributed by atoms with Crippen molar-refractivity contribution >= 4 is 27.5 Å². The number of hydrogen-bond acceptors (Lipinski definition) is 2. The van der Waals surface area contributed by atoms with E-state index in [9.17, 15) is 4.79 Å². The highest BCUT2D eigenvalue weighted by Crippen LogP contribution is 2.35. The Kier molecular flexibility index (Phi) is 5.44. The van der Waals surface area contributed by atoms with E-state index in [0.29, 0.717) is 0 Å². The summed E-state index contributed by atoms with van der Waals surface area (Å²) in [6, 6.07) is 4.15. The summed E-state index contributed by atoms with van der Waals surface area (Å²) in [5.74, 6) is 0.157. The van der Waals surface area contributed by atoms with Crippen molar-refractivity contribution in [3.63, 3.8) is 0 Å². The minimum Gasteiger partial charge on any atom is -0.324 e. The van der Waals surface area contributed by atoms with Gasteiger partial charge in [0.1, 0.15) is 0 Å². The SMILES string of the molecule is CCCC1(C(=O)Nc2c(C)cc(C)cc2Br)CCCNC1. The lowest BCUT2D eigenvalue weighted by Crippen LogP contribution is -2.48. The van der Waals surface area contributed by atoms with Crippen LogP contribution in [0.2, 0.25) is 0 Å². The minimum atomic E-state index is -0.260. The van der Waals surface area contributed by atoms with Crippen molar-refractivity contribution in [1.82, 2.24) is 5.32 Å². The van der Waals surface area contributed by atoms with E-state index in [-0.39, 0.29) is 11.3 Å². The molecule has 0 saturated carbocycles.